The third-order valence-electron chi connectivity index (χ3n) is 11.2. The molecule has 0 unspecified atom stereocenters. The van der Waals surface area contributed by atoms with Crippen molar-refractivity contribution in [3.8, 4) is 22.3 Å². The first kappa shape index (κ1) is 29.8. The molecule has 234 valence electrons. The molecular weight excluding hydrogens is 567 g/mol. The Labute approximate surface area is 280 Å². The molecule has 47 heavy (non-hydrogen) atoms. The largest absolute Gasteiger partial charge is 0.310 e. The van der Waals surface area contributed by atoms with E-state index < -0.39 is 0 Å². The molecule has 0 saturated heterocycles. The summed E-state index contributed by atoms with van der Waals surface area (Å²) in [7, 11) is 0. The highest BCUT2D eigenvalue weighted by Gasteiger charge is 2.38. The van der Waals surface area contributed by atoms with Gasteiger partial charge >= 0.3 is 0 Å². The van der Waals surface area contributed by atoms with Gasteiger partial charge in [-0.15, -0.1) is 0 Å². The summed E-state index contributed by atoms with van der Waals surface area (Å²) in [4.78, 5) is 2.55. The maximum atomic E-state index is 2.55. The van der Waals surface area contributed by atoms with Crippen LogP contribution in [0.1, 0.15) is 85.3 Å². The molecule has 0 amide bonds. The molecule has 8 rings (SSSR count). The Hall–Kier alpha value is -4.62. The number of hydrogen-bond donors (Lipinski definition) is 0. The lowest BCUT2D eigenvalue weighted by Gasteiger charge is -2.31. The van der Waals surface area contributed by atoms with Gasteiger partial charge in [0.25, 0.3) is 0 Å². The fourth-order valence-corrected chi connectivity index (χ4v) is 8.61. The second kappa shape index (κ2) is 11.6. The van der Waals surface area contributed by atoms with Crippen molar-refractivity contribution in [1.82, 2.24) is 0 Å². The molecule has 1 heteroatoms. The number of hydrogen-bond acceptors (Lipinski definition) is 1. The Balaban J connectivity index is 1.37. The zero-order valence-electron chi connectivity index (χ0n) is 28.5. The van der Waals surface area contributed by atoms with E-state index in [9.17, 15) is 0 Å². The van der Waals surface area contributed by atoms with E-state index in [-0.39, 0.29) is 5.41 Å². The van der Waals surface area contributed by atoms with Crippen LogP contribution in [0.15, 0.2) is 115 Å². The molecule has 0 aromatic heterocycles. The standard InChI is InChI=1S/C46H45N/c1-30-22-24-41-42(26-30)46(4,5)43-29-44(39-20-11-12-21-40(39)45(41)43)47(35-18-13-17-34(28-35)33-15-7-6-8-16-33)36-23-25-38(32(3)27-36)37-19-10-9-14-31(37)2/h9-14,17-29,33H,6-8,15-16H2,1-5H3. The van der Waals surface area contributed by atoms with E-state index in [0.717, 1.165) is 0 Å². The van der Waals surface area contributed by atoms with Crippen molar-refractivity contribution < 1.29 is 0 Å². The molecule has 6 aromatic carbocycles. The highest BCUT2D eigenvalue weighted by Crippen LogP contribution is 2.55. The maximum absolute atomic E-state index is 2.55. The van der Waals surface area contributed by atoms with Gasteiger partial charge < -0.3 is 4.90 Å². The first-order valence-corrected chi connectivity index (χ1v) is 17.6. The summed E-state index contributed by atoms with van der Waals surface area (Å²) in [6.07, 6.45) is 6.63. The van der Waals surface area contributed by atoms with Crippen LogP contribution in [0.5, 0.6) is 0 Å². The van der Waals surface area contributed by atoms with Crippen LogP contribution in [-0.2, 0) is 5.41 Å². The van der Waals surface area contributed by atoms with Gasteiger partial charge in [-0.25, -0.2) is 0 Å². The van der Waals surface area contributed by atoms with Gasteiger partial charge in [-0.05, 0) is 125 Å². The van der Waals surface area contributed by atoms with E-state index in [1.165, 1.54) is 116 Å². The van der Waals surface area contributed by atoms with Crippen molar-refractivity contribution in [1.29, 1.82) is 0 Å². The number of benzene rings is 6. The smallest absolute Gasteiger partial charge is 0.0543 e. The summed E-state index contributed by atoms with van der Waals surface area (Å²) in [5.74, 6) is 0.643. The van der Waals surface area contributed by atoms with E-state index in [2.05, 4.69) is 155 Å². The minimum absolute atomic E-state index is 0.101. The zero-order chi connectivity index (χ0) is 32.3. The number of nitrogens with zero attached hydrogens (tertiary/aromatic N) is 1. The van der Waals surface area contributed by atoms with E-state index in [4.69, 9.17) is 0 Å². The molecule has 1 nitrogen and oxygen atoms in total. The van der Waals surface area contributed by atoms with Gasteiger partial charge in [0.15, 0.2) is 0 Å². The van der Waals surface area contributed by atoms with Gasteiger partial charge in [0, 0.05) is 22.2 Å². The number of rotatable bonds is 5. The minimum atomic E-state index is -0.101. The van der Waals surface area contributed by atoms with Crippen molar-refractivity contribution in [2.24, 2.45) is 0 Å². The summed E-state index contributed by atoms with van der Waals surface area (Å²) >= 11 is 0. The van der Waals surface area contributed by atoms with Crippen molar-refractivity contribution >= 4 is 27.8 Å². The molecule has 0 N–H and O–H groups in total. The molecular formula is C46H45N. The molecule has 2 aliphatic rings. The highest BCUT2D eigenvalue weighted by atomic mass is 15.1. The molecule has 2 aliphatic carbocycles. The van der Waals surface area contributed by atoms with Crippen LogP contribution in [0.4, 0.5) is 17.1 Å². The predicted molar refractivity (Wildman–Crippen MR) is 202 cm³/mol. The average molecular weight is 612 g/mol. The van der Waals surface area contributed by atoms with Crippen LogP contribution in [0, 0.1) is 20.8 Å². The van der Waals surface area contributed by atoms with Crippen molar-refractivity contribution in [2.75, 3.05) is 4.90 Å². The molecule has 0 atom stereocenters. The summed E-state index contributed by atoms with van der Waals surface area (Å²) in [5, 5.41) is 2.62. The number of fused-ring (bicyclic) bond motifs is 5. The summed E-state index contributed by atoms with van der Waals surface area (Å²) in [6.45, 7) is 11.5. The topological polar surface area (TPSA) is 3.24 Å². The predicted octanol–water partition coefficient (Wildman–Crippen LogP) is 13.3. The van der Waals surface area contributed by atoms with E-state index in [0.29, 0.717) is 5.92 Å². The second-order valence-electron chi connectivity index (χ2n) is 14.6. The normalized spacial score (nSPS) is 15.4. The Bertz CT molecular complexity index is 2140. The maximum Gasteiger partial charge on any atom is 0.0543 e. The molecule has 0 aliphatic heterocycles. The number of anilines is 3. The average Bonchev–Trinajstić information content (AvgIpc) is 3.31. The fourth-order valence-electron chi connectivity index (χ4n) is 8.61. The highest BCUT2D eigenvalue weighted by molar-refractivity contribution is 6.10. The van der Waals surface area contributed by atoms with E-state index >= 15 is 0 Å². The van der Waals surface area contributed by atoms with E-state index in [1.807, 2.05) is 0 Å². The van der Waals surface area contributed by atoms with Gasteiger partial charge in [0.2, 0.25) is 0 Å². The summed E-state index contributed by atoms with van der Waals surface area (Å²) in [5.41, 5.74) is 17.2. The summed E-state index contributed by atoms with van der Waals surface area (Å²) < 4.78 is 0. The Morgan fingerprint density at radius 2 is 1.26 bits per heavy atom. The van der Waals surface area contributed by atoms with Gasteiger partial charge in [-0.3, -0.25) is 0 Å². The molecule has 1 fully saturated rings. The number of aryl methyl sites for hydroxylation is 3. The van der Waals surface area contributed by atoms with Gasteiger partial charge in [-0.2, -0.15) is 0 Å². The minimum Gasteiger partial charge on any atom is -0.310 e. The molecule has 1 saturated carbocycles. The fraction of sp³-hybridized carbons (Fsp3) is 0.261. The molecule has 0 heterocycles. The van der Waals surface area contributed by atoms with Gasteiger partial charge in [0.05, 0.1) is 5.69 Å². The van der Waals surface area contributed by atoms with Crippen LogP contribution in [0.25, 0.3) is 33.0 Å². The van der Waals surface area contributed by atoms with Crippen molar-refractivity contribution in [3.05, 3.63) is 149 Å². The van der Waals surface area contributed by atoms with Crippen molar-refractivity contribution in [2.45, 2.75) is 78.1 Å². The second-order valence-corrected chi connectivity index (χ2v) is 14.6. The van der Waals surface area contributed by atoms with Crippen LogP contribution >= 0.6 is 0 Å². The third kappa shape index (κ3) is 4.99. The van der Waals surface area contributed by atoms with E-state index in [1.54, 1.807) is 0 Å². The Morgan fingerprint density at radius 1 is 0.553 bits per heavy atom. The first-order chi connectivity index (χ1) is 22.8. The molecule has 0 bridgehead atoms. The molecule has 0 radical (unpaired) electrons. The monoisotopic (exact) mass is 611 g/mol. The molecule has 0 spiro atoms. The van der Waals surface area contributed by atoms with Crippen LogP contribution in [-0.4, -0.2) is 0 Å². The third-order valence-corrected chi connectivity index (χ3v) is 11.2. The van der Waals surface area contributed by atoms with Gasteiger partial charge in [0.1, 0.15) is 0 Å². The lowest BCUT2D eigenvalue weighted by Crippen LogP contribution is -2.17. The van der Waals surface area contributed by atoms with Crippen LogP contribution < -0.4 is 4.90 Å². The van der Waals surface area contributed by atoms with Crippen molar-refractivity contribution in [3.63, 3.8) is 0 Å². The lowest BCUT2D eigenvalue weighted by molar-refractivity contribution is 0.443. The SMILES string of the molecule is Cc1ccc2c(c1)C(C)(C)c1cc(N(c3cccc(C4CCCCC4)c3)c3ccc(-c4ccccc4C)c(C)c3)c3ccccc3c1-2. The first-order valence-electron chi connectivity index (χ1n) is 17.6. The summed E-state index contributed by atoms with van der Waals surface area (Å²) in [6, 6.07) is 43.9. The van der Waals surface area contributed by atoms with Crippen LogP contribution in [0.2, 0.25) is 0 Å². The Morgan fingerprint density at radius 3 is 2.04 bits per heavy atom. The lowest BCUT2D eigenvalue weighted by atomic mass is 9.81. The van der Waals surface area contributed by atoms with Gasteiger partial charge in [-0.1, -0.05) is 124 Å². The van der Waals surface area contributed by atoms with Crippen LogP contribution in [0.3, 0.4) is 0 Å². The Kier molecular flexibility index (Phi) is 7.32. The quantitative estimate of drug-likeness (QED) is 0.187. The zero-order valence-corrected chi connectivity index (χ0v) is 28.5. The molecule has 6 aromatic rings.